The van der Waals surface area contributed by atoms with Gasteiger partial charge in [-0.3, -0.25) is 4.84 Å². The van der Waals surface area contributed by atoms with Crippen molar-refractivity contribution in [1.29, 1.82) is 0 Å². The van der Waals surface area contributed by atoms with E-state index in [1.807, 2.05) is 5.48 Å². The lowest BCUT2D eigenvalue weighted by molar-refractivity contribution is -0.144. The lowest BCUT2D eigenvalue weighted by Gasteiger charge is -2.04. The fraction of sp³-hybridized carbons (Fsp3) is 0.333. The molecule has 0 aromatic carbocycles. The van der Waals surface area contributed by atoms with Crippen molar-refractivity contribution in [2.75, 3.05) is 13.2 Å². The summed E-state index contributed by atoms with van der Waals surface area (Å²) in [5, 5.41) is 10.5. The molecule has 0 heterocycles. The van der Waals surface area contributed by atoms with Crippen LogP contribution in [0.1, 0.15) is 0 Å². The minimum absolute atomic E-state index is 0.238. The Kier molecular flexibility index (Phi) is 5.90. The fourth-order valence-corrected chi connectivity index (χ4v) is 0.516. The van der Waals surface area contributed by atoms with E-state index in [4.69, 9.17) is 5.11 Å². The van der Waals surface area contributed by atoms with Crippen molar-refractivity contribution < 1.29 is 19.5 Å². The van der Waals surface area contributed by atoms with Gasteiger partial charge in [-0.05, 0) is 0 Å². The number of carbonyl (C=O) groups excluding carboxylic acids is 1. The molecule has 0 bridgehead atoms. The molecule has 0 spiro atoms. The average Bonchev–Trinajstić information content (AvgIpc) is 2.00. The molecule has 0 aliphatic heterocycles. The fourth-order valence-electron chi connectivity index (χ4n) is 0.376. The molecule has 0 atom stereocenters. The number of rotatable bonds is 5. The molecule has 0 aliphatic rings. The zero-order chi connectivity index (χ0) is 10.3. The highest BCUT2D eigenvalue weighted by atomic mass is 79.9. The van der Waals surface area contributed by atoms with E-state index in [1.165, 1.54) is 0 Å². The molecule has 0 rings (SSSR count). The van der Waals surface area contributed by atoms with Gasteiger partial charge in [-0.15, -0.1) is 0 Å². The SMILES string of the molecule is C=C(Br)CNC(=O)NOCC(=O)O. The lowest BCUT2D eigenvalue weighted by Crippen LogP contribution is -2.37. The normalized spacial score (nSPS) is 9.00. The Morgan fingerprint density at radius 1 is 1.54 bits per heavy atom. The van der Waals surface area contributed by atoms with Crippen molar-refractivity contribution in [3.8, 4) is 0 Å². The summed E-state index contributed by atoms with van der Waals surface area (Å²) < 4.78 is 0.598. The predicted molar refractivity (Wildman–Crippen MR) is 48.2 cm³/mol. The number of hydrogen-bond donors (Lipinski definition) is 3. The van der Waals surface area contributed by atoms with Crippen molar-refractivity contribution in [3.63, 3.8) is 0 Å². The maximum absolute atomic E-state index is 10.7. The highest BCUT2D eigenvalue weighted by Gasteiger charge is 2.01. The summed E-state index contributed by atoms with van der Waals surface area (Å²) in [6.45, 7) is 3.13. The van der Waals surface area contributed by atoms with Crippen LogP contribution in [0.2, 0.25) is 0 Å². The van der Waals surface area contributed by atoms with Crippen molar-refractivity contribution >= 4 is 27.9 Å². The molecular formula is C6H9BrN2O4. The molecule has 2 amide bonds. The Morgan fingerprint density at radius 2 is 2.15 bits per heavy atom. The van der Waals surface area contributed by atoms with Crippen LogP contribution in [0.4, 0.5) is 4.79 Å². The molecule has 3 N–H and O–H groups in total. The van der Waals surface area contributed by atoms with Crippen molar-refractivity contribution in [2.24, 2.45) is 0 Å². The number of nitrogens with one attached hydrogen (secondary N) is 2. The monoisotopic (exact) mass is 252 g/mol. The first-order valence-electron chi connectivity index (χ1n) is 3.23. The van der Waals surface area contributed by atoms with E-state index < -0.39 is 18.6 Å². The molecule has 0 aromatic rings. The minimum atomic E-state index is -1.16. The summed E-state index contributed by atoms with van der Waals surface area (Å²) in [6, 6.07) is -0.623. The first-order valence-corrected chi connectivity index (χ1v) is 4.02. The van der Waals surface area contributed by atoms with Crippen LogP contribution in [-0.2, 0) is 9.63 Å². The Balaban J connectivity index is 3.41. The summed E-state index contributed by atoms with van der Waals surface area (Å²) in [4.78, 5) is 24.9. The first-order chi connectivity index (χ1) is 6.02. The van der Waals surface area contributed by atoms with Gasteiger partial charge in [0.15, 0.2) is 6.61 Å². The number of carboxylic acids is 1. The van der Waals surface area contributed by atoms with Crippen LogP contribution in [0.25, 0.3) is 0 Å². The molecule has 0 aliphatic carbocycles. The average molecular weight is 253 g/mol. The van der Waals surface area contributed by atoms with Crippen molar-refractivity contribution in [1.82, 2.24) is 10.8 Å². The van der Waals surface area contributed by atoms with Gasteiger partial charge >= 0.3 is 12.0 Å². The minimum Gasteiger partial charge on any atom is -0.479 e. The highest BCUT2D eigenvalue weighted by Crippen LogP contribution is 1.95. The van der Waals surface area contributed by atoms with Crippen LogP contribution < -0.4 is 10.8 Å². The second-order valence-corrected chi connectivity index (χ2v) is 3.11. The lowest BCUT2D eigenvalue weighted by atomic mass is 10.6. The largest absolute Gasteiger partial charge is 0.479 e. The highest BCUT2D eigenvalue weighted by molar-refractivity contribution is 9.11. The third-order valence-corrected chi connectivity index (χ3v) is 1.08. The van der Waals surface area contributed by atoms with Gasteiger partial charge in [0.1, 0.15) is 0 Å². The van der Waals surface area contributed by atoms with Crippen molar-refractivity contribution in [3.05, 3.63) is 11.1 Å². The van der Waals surface area contributed by atoms with E-state index in [-0.39, 0.29) is 6.54 Å². The Hall–Kier alpha value is -1.08. The van der Waals surface area contributed by atoms with E-state index in [0.29, 0.717) is 4.48 Å². The van der Waals surface area contributed by atoms with E-state index in [1.54, 1.807) is 0 Å². The molecule has 13 heavy (non-hydrogen) atoms. The van der Waals surface area contributed by atoms with E-state index in [9.17, 15) is 9.59 Å². The predicted octanol–water partition coefficient (Wildman–Crippen LogP) is 0.210. The maximum atomic E-state index is 10.7. The topological polar surface area (TPSA) is 87.7 Å². The van der Waals surface area contributed by atoms with Gasteiger partial charge in [-0.25, -0.2) is 15.1 Å². The number of urea groups is 1. The first kappa shape index (κ1) is 11.9. The van der Waals surface area contributed by atoms with Crippen LogP contribution in [0.3, 0.4) is 0 Å². The van der Waals surface area contributed by atoms with E-state index >= 15 is 0 Å². The smallest absolute Gasteiger partial charge is 0.339 e. The van der Waals surface area contributed by atoms with Gasteiger partial charge < -0.3 is 10.4 Å². The number of hydrogen-bond acceptors (Lipinski definition) is 3. The van der Waals surface area contributed by atoms with Crippen LogP contribution in [0.15, 0.2) is 11.1 Å². The second-order valence-electron chi connectivity index (χ2n) is 1.98. The van der Waals surface area contributed by atoms with Crippen LogP contribution in [0, 0.1) is 0 Å². The molecule has 0 unspecified atom stereocenters. The molecule has 6 nitrogen and oxygen atoms in total. The van der Waals surface area contributed by atoms with E-state index in [2.05, 4.69) is 32.7 Å². The summed E-state index contributed by atoms with van der Waals surface area (Å²) in [7, 11) is 0. The Bertz CT molecular complexity index is 219. The van der Waals surface area contributed by atoms with Gasteiger partial charge in [0.2, 0.25) is 0 Å². The molecule has 7 heteroatoms. The number of hydroxylamine groups is 1. The quantitative estimate of drug-likeness (QED) is 0.611. The summed E-state index contributed by atoms with van der Waals surface area (Å²) in [5.74, 6) is -1.16. The number of amides is 2. The van der Waals surface area contributed by atoms with E-state index in [0.717, 1.165) is 0 Å². The molecule has 0 radical (unpaired) electrons. The standard InChI is InChI=1S/C6H9BrN2O4/c1-4(7)2-8-6(12)9-13-3-5(10)11/h1-3H2,(H,10,11)(H2,8,9,12). The molecule has 0 saturated heterocycles. The Morgan fingerprint density at radius 3 is 2.62 bits per heavy atom. The van der Waals surface area contributed by atoms with Gasteiger partial charge in [0.25, 0.3) is 0 Å². The summed E-state index contributed by atoms with van der Waals surface area (Å²) >= 11 is 3.02. The number of carboxylic acid groups (broad SMARTS) is 1. The van der Waals surface area contributed by atoms with Gasteiger partial charge in [0.05, 0.1) is 6.54 Å². The van der Waals surface area contributed by atoms with Gasteiger partial charge in [-0.1, -0.05) is 22.5 Å². The summed E-state index contributed by atoms with van der Waals surface area (Å²) in [5.41, 5.74) is 1.88. The second kappa shape index (κ2) is 6.44. The third-order valence-electron chi connectivity index (χ3n) is 0.801. The molecule has 74 valence electrons. The van der Waals surface area contributed by atoms with Crippen molar-refractivity contribution in [2.45, 2.75) is 0 Å². The van der Waals surface area contributed by atoms with Gasteiger partial charge in [-0.2, -0.15) is 0 Å². The number of carbonyl (C=O) groups is 2. The molecule has 0 aromatic heterocycles. The van der Waals surface area contributed by atoms with Crippen LogP contribution in [-0.4, -0.2) is 30.3 Å². The summed E-state index contributed by atoms with van der Waals surface area (Å²) in [6.07, 6.45) is 0. The zero-order valence-corrected chi connectivity index (χ0v) is 8.26. The Labute approximate surface area is 83.0 Å². The third kappa shape index (κ3) is 8.83. The maximum Gasteiger partial charge on any atom is 0.339 e. The molecule has 0 fully saturated rings. The zero-order valence-electron chi connectivity index (χ0n) is 6.67. The molecule has 0 saturated carbocycles. The molecular weight excluding hydrogens is 244 g/mol. The van der Waals surface area contributed by atoms with Crippen LogP contribution >= 0.6 is 15.9 Å². The van der Waals surface area contributed by atoms with Crippen LogP contribution in [0.5, 0.6) is 0 Å². The number of halogens is 1. The van der Waals surface area contributed by atoms with Gasteiger partial charge in [0, 0.05) is 4.48 Å². The number of aliphatic carboxylic acids is 1.